The molecular formula is C30H37N3O2. The third-order valence-corrected chi connectivity index (χ3v) is 7.00. The Morgan fingerprint density at radius 1 is 1.09 bits per heavy atom. The average Bonchev–Trinajstić information content (AvgIpc) is 2.83. The van der Waals surface area contributed by atoms with E-state index in [1.54, 1.807) is 12.1 Å². The van der Waals surface area contributed by atoms with Crippen LogP contribution in [0.3, 0.4) is 0 Å². The van der Waals surface area contributed by atoms with Gasteiger partial charge in [-0.05, 0) is 91.1 Å². The second kappa shape index (κ2) is 11.0. The van der Waals surface area contributed by atoms with Crippen molar-refractivity contribution in [2.45, 2.75) is 58.5 Å². The van der Waals surface area contributed by atoms with Gasteiger partial charge >= 0.3 is 0 Å². The molecule has 184 valence electrons. The van der Waals surface area contributed by atoms with Crippen LogP contribution >= 0.6 is 0 Å². The number of aromatic hydroxyl groups is 1. The second-order valence-corrected chi connectivity index (χ2v) is 9.76. The molecule has 1 aliphatic rings. The zero-order valence-corrected chi connectivity index (χ0v) is 21.1. The van der Waals surface area contributed by atoms with Gasteiger partial charge in [-0.2, -0.15) is 0 Å². The van der Waals surface area contributed by atoms with E-state index in [0.29, 0.717) is 6.42 Å². The normalized spacial score (nSPS) is 16.0. The minimum absolute atomic E-state index is 0.0607. The lowest BCUT2D eigenvalue weighted by atomic mass is 9.91. The largest absolute Gasteiger partial charge is 0.508 e. The number of fused-ring (bicyclic) bond motifs is 1. The fraction of sp³-hybridized carbons (Fsp3) is 0.367. The number of nitrogens with zero attached hydrogens (tertiary/aromatic N) is 1. The highest BCUT2D eigenvalue weighted by Crippen LogP contribution is 2.35. The summed E-state index contributed by atoms with van der Waals surface area (Å²) in [5.74, 6) is 0.105. The molecule has 0 unspecified atom stereocenters. The van der Waals surface area contributed by atoms with Gasteiger partial charge < -0.3 is 21.1 Å². The lowest BCUT2D eigenvalue weighted by molar-refractivity contribution is -0.123. The Morgan fingerprint density at radius 3 is 2.49 bits per heavy atom. The molecule has 1 heterocycles. The van der Waals surface area contributed by atoms with Gasteiger partial charge in [-0.25, -0.2) is 0 Å². The van der Waals surface area contributed by atoms with Gasteiger partial charge in [0.1, 0.15) is 5.75 Å². The van der Waals surface area contributed by atoms with Gasteiger partial charge in [0.2, 0.25) is 5.91 Å². The third-order valence-electron chi connectivity index (χ3n) is 7.00. The van der Waals surface area contributed by atoms with E-state index in [1.807, 2.05) is 19.9 Å². The number of nitrogens with one attached hydrogen (secondary N) is 1. The van der Waals surface area contributed by atoms with Gasteiger partial charge in [-0.3, -0.25) is 4.79 Å². The Hall–Kier alpha value is -3.31. The molecule has 3 aromatic carbocycles. The Kier molecular flexibility index (Phi) is 7.76. The summed E-state index contributed by atoms with van der Waals surface area (Å²) in [6.45, 7) is 8.00. The van der Waals surface area contributed by atoms with Crippen LogP contribution in [0.25, 0.3) is 0 Å². The van der Waals surface area contributed by atoms with Crippen molar-refractivity contribution in [1.29, 1.82) is 0 Å². The minimum Gasteiger partial charge on any atom is -0.508 e. The standard InChI is InChI=1S/C30H37N3O2/c1-4-13-33-14-12-28(26-18-23(10-11-29(26)33)17-22-8-6-5-7-9-22)32-30(35)27(31)19-25-20(2)15-24(34)16-21(25)3/h5-11,15-16,18,27-28,34H,4,12-14,17,19,31H2,1-3H3,(H,32,35)/t27-,28+/m0/s1. The Balaban J connectivity index is 1.54. The van der Waals surface area contributed by atoms with Crippen molar-refractivity contribution >= 4 is 11.6 Å². The minimum atomic E-state index is -0.651. The number of phenols is 1. The van der Waals surface area contributed by atoms with Crippen molar-refractivity contribution in [3.8, 4) is 5.75 Å². The van der Waals surface area contributed by atoms with Crippen molar-refractivity contribution in [3.05, 3.63) is 94.0 Å². The first-order valence-electron chi connectivity index (χ1n) is 12.6. The summed E-state index contributed by atoms with van der Waals surface area (Å²) >= 11 is 0. The van der Waals surface area contributed by atoms with E-state index in [0.717, 1.165) is 49.0 Å². The maximum absolute atomic E-state index is 13.2. The maximum Gasteiger partial charge on any atom is 0.237 e. The zero-order valence-electron chi connectivity index (χ0n) is 21.1. The molecule has 35 heavy (non-hydrogen) atoms. The van der Waals surface area contributed by atoms with Gasteiger partial charge in [0.15, 0.2) is 0 Å². The lowest BCUT2D eigenvalue weighted by Gasteiger charge is -2.36. The van der Waals surface area contributed by atoms with Crippen LogP contribution in [0.5, 0.6) is 5.75 Å². The molecule has 0 saturated carbocycles. The summed E-state index contributed by atoms with van der Waals surface area (Å²) in [6, 6.07) is 19.9. The highest BCUT2D eigenvalue weighted by atomic mass is 16.3. The molecule has 2 atom stereocenters. The molecule has 0 spiro atoms. The maximum atomic E-state index is 13.2. The summed E-state index contributed by atoms with van der Waals surface area (Å²) in [4.78, 5) is 15.6. The van der Waals surface area contributed by atoms with Gasteiger partial charge in [0, 0.05) is 18.8 Å². The van der Waals surface area contributed by atoms with Crippen LogP contribution in [0.15, 0.2) is 60.7 Å². The van der Waals surface area contributed by atoms with Crippen LogP contribution in [0.4, 0.5) is 5.69 Å². The number of amides is 1. The SMILES string of the molecule is CCCN1CC[C@@H](NC(=O)[C@@H](N)Cc2c(C)cc(O)cc2C)c2cc(Cc3ccccc3)ccc21. The van der Waals surface area contributed by atoms with E-state index < -0.39 is 6.04 Å². The molecule has 4 rings (SSSR count). The Bertz CT molecular complexity index is 1150. The van der Waals surface area contributed by atoms with E-state index in [4.69, 9.17) is 5.73 Å². The van der Waals surface area contributed by atoms with E-state index in [1.165, 1.54) is 22.4 Å². The van der Waals surface area contributed by atoms with Gasteiger partial charge in [0.25, 0.3) is 0 Å². The summed E-state index contributed by atoms with van der Waals surface area (Å²) < 4.78 is 0. The van der Waals surface area contributed by atoms with Gasteiger partial charge in [-0.15, -0.1) is 0 Å². The van der Waals surface area contributed by atoms with Crippen LogP contribution < -0.4 is 16.0 Å². The number of benzene rings is 3. The number of nitrogens with two attached hydrogens (primary N) is 1. The smallest absolute Gasteiger partial charge is 0.237 e. The number of anilines is 1. The summed E-state index contributed by atoms with van der Waals surface area (Å²) in [5.41, 5.74) is 14.2. The number of rotatable bonds is 8. The number of phenolic OH excluding ortho intramolecular Hbond substituents is 1. The van der Waals surface area contributed by atoms with E-state index in [-0.39, 0.29) is 17.7 Å². The van der Waals surface area contributed by atoms with Crippen molar-refractivity contribution in [2.75, 3.05) is 18.0 Å². The molecule has 0 saturated heterocycles. The fourth-order valence-electron chi connectivity index (χ4n) is 5.21. The van der Waals surface area contributed by atoms with Crippen LogP contribution in [-0.2, 0) is 17.6 Å². The Labute approximate surface area is 209 Å². The third kappa shape index (κ3) is 5.85. The summed E-state index contributed by atoms with van der Waals surface area (Å²) in [7, 11) is 0. The van der Waals surface area contributed by atoms with Crippen LogP contribution in [0.1, 0.15) is 59.2 Å². The predicted molar refractivity (Wildman–Crippen MR) is 143 cm³/mol. The topological polar surface area (TPSA) is 78.6 Å². The molecule has 1 aliphatic heterocycles. The molecule has 3 aromatic rings. The van der Waals surface area contributed by atoms with E-state index in [9.17, 15) is 9.90 Å². The first kappa shape index (κ1) is 24.8. The fourth-order valence-corrected chi connectivity index (χ4v) is 5.21. The molecular weight excluding hydrogens is 434 g/mol. The van der Waals surface area contributed by atoms with Crippen molar-refractivity contribution < 1.29 is 9.90 Å². The number of aryl methyl sites for hydroxylation is 2. The first-order valence-corrected chi connectivity index (χ1v) is 12.6. The van der Waals surface area contributed by atoms with Crippen molar-refractivity contribution in [1.82, 2.24) is 5.32 Å². The molecule has 5 heteroatoms. The number of carbonyl (C=O) groups is 1. The number of hydrogen-bond donors (Lipinski definition) is 3. The molecule has 0 bridgehead atoms. The average molecular weight is 472 g/mol. The first-order chi connectivity index (χ1) is 16.9. The van der Waals surface area contributed by atoms with E-state index >= 15 is 0 Å². The molecule has 4 N–H and O–H groups in total. The number of carbonyl (C=O) groups excluding carboxylic acids is 1. The molecule has 0 fully saturated rings. The zero-order chi connectivity index (χ0) is 24.9. The van der Waals surface area contributed by atoms with Crippen LogP contribution in [0, 0.1) is 13.8 Å². The Morgan fingerprint density at radius 2 is 1.80 bits per heavy atom. The molecule has 0 aromatic heterocycles. The molecule has 0 radical (unpaired) electrons. The monoisotopic (exact) mass is 471 g/mol. The molecule has 1 amide bonds. The molecule has 5 nitrogen and oxygen atoms in total. The molecule has 0 aliphatic carbocycles. The van der Waals surface area contributed by atoms with Crippen LogP contribution in [0.2, 0.25) is 0 Å². The van der Waals surface area contributed by atoms with E-state index in [2.05, 4.69) is 59.6 Å². The van der Waals surface area contributed by atoms with Crippen molar-refractivity contribution in [2.24, 2.45) is 5.73 Å². The highest BCUT2D eigenvalue weighted by Gasteiger charge is 2.28. The second-order valence-electron chi connectivity index (χ2n) is 9.76. The van der Waals surface area contributed by atoms with Crippen LogP contribution in [-0.4, -0.2) is 30.1 Å². The summed E-state index contributed by atoms with van der Waals surface area (Å²) in [5, 5.41) is 13.1. The summed E-state index contributed by atoms with van der Waals surface area (Å²) in [6.07, 6.45) is 3.25. The number of hydrogen-bond acceptors (Lipinski definition) is 4. The lowest BCUT2D eigenvalue weighted by Crippen LogP contribution is -2.46. The highest BCUT2D eigenvalue weighted by molar-refractivity contribution is 5.83. The van der Waals surface area contributed by atoms with Gasteiger partial charge in [0.05, 0.1) is 12.1 Å². The van der Waals surface area contributed by atoms with Gasteiger partial charge in [-0.1, -0.05) is 49.4 Å². The predicted octanol–water partition coefficient (Wildman–Crippen LogP) is 4.95. The van der Waals surface area contributed by atoms with Crippen molar-refractivity contribution in [3.63, 3.8) is 0 Å². The quantitative estimate of drug-likeness (QED) is 0.434.